The third-order valence-electron chi connectivity index (χ3n) is 3.99. The molecule has 1 aliphatic rings. The average molecular weight is 282 g/mol. The number of benzene rings is 1. The van der Waals surface area contributed by atoms with E-state index in [1.807, 2.05) is 24.3 Å². The van der Waals surface area contributed by atoms with Crippen LogP contribution in [-0.4, -0.2) is 54.4 Å². The second-order valence-corrected chi connectivity index (χ2v) is 5.37. The highest BCUT2D eigenvalue weighted by Gasteiger charge is 2.28. The molecule has 6 heteroatoms. The van der Waals surface area contributed by atoms with Gasteiger partial charge in [-0.2, -0.15) is 5.26 Å². The fourth-order valence-corrected chi connectivity index (χ4v) is 2.91. The van der Waals surface area contributed by atoms with Crippen LogP contribution in [0.2, 0.25) is 0 Å². The van der Waals surface area contributed by atoms with Gasteiger partial charge < -0.3 is 15.5 Å². The minimum absolute atomic E-state index is 0.184. The molecule has 0 spiro atoms. The molecule has 2 aromatic rings. The summed E-state index contributed by atoms with van der Waals surface area (Å²) < 4.78 is 0. The lowest BCUT2D eigenvalue weighted by Crippen LogP contribution is -2.55. The van der Waals surface area contributed by atoms with Crippen LogP contribution < -0.4 is 10.6 Å². The highest BCUT2D eigenvalue weighted by atomic mass is 15.3. The Balaban J connectivity index is 2.16. The van der Waals surface area contributed by atoms with Crippen molar-refractivity contribution in [1.82, 2.24) is 15.1 Å². The van der Waals surface area contributed by atoms with Gasteiger partial charge in [-0.1, -0.05) is 18.2 Å². The van der Waals surface area contributed by atoms with Crippen LogP contribution in [0.3, 0.4) is 0 Å². The number of anilines is 1. The summed E-state index contributed by atoms with van der Waals surface area (Å²) >= 11 is 0. The molecule has 6 nitrogen and oxygen atoms in total. The average Bonchev–Trinajstić information content (AvgIpc) is 2.53. The van der Waals surface area contributed by atoms with Crippen LogP contribution in [0.25, 0.3) is 10.9 Å². The molecule has 0 saturated carbocycles. The van der Waals surface area contributed by atoms with Gasteiger partial charge in [0.05, 0.1) is 17.2 Å². The summed E-state index contributed by atoms with van der Waals surface area (Å²) in [5.41, 5.74) is 7.99. The summed E-state index contributed by atoms with van der Waals surface area (Å²) in [7, 11) is 2.09. The number of piperazine rings is 1. The summed E-state index contributed by atoms with van der Waals surface area (Å²) in [6, 6.07) is 10.2. The number of nitrogens with two attached hydrogens (primary N) is 1. The minimum Gasteiger partial charge on any atom is -0.362 e. The fourth-order valence-electron chi connectivity index (χ4n) is 2.91. The SMILES string of the molecule is CN1CCN(c2c(C#N)nnc3ccccc23)C(CN)C1. The normalized spacial score (nSPS) is 19.7. The Labute approximate surface area is 123 Å². The maximum absolute atomic E-state index is 9.40. The summed E-state index contributed by atoms with van der Waals surface area (Å²) in [5.74, 6) is 0. The third kappa shape index (κ3) is 2.42. The molecule has 108 valence electrons. The van der Waals surface area contributed by atoms with E-state index < -0.39 is 0 Å². The van der Waals surface area contributed by atoms with E-state index in [9.17, 15) is 5.26 Å². The molecule has 2 heterocycles. The molecule has 3 rings (SSSR count). The standard InChI is InChI=1S/C15H18N6/c1-20-6-7-21(11(8-16)10-20)15-12-4-2-3-5-13(12)18-19-14(15)9-17/h2-5,11H,6-8,10,16H2,1H3. The van der Waals surface area contributed by atoms with Gasteiger partial charge >= 0.3 is 0 Å². The van der Waals surface area contributed by atoms with Gasteiger partial charge in [-0.3, -0.25) is 0 Å². The minimum atomic E-state index is 0.184. The predicted octanol–water partition coefficient (Wildman–Crippen LogP) is 0.581. The Morgan fingerprint density at radius 3 is 2.90 bits per heavy atom. The molecule has 1 aromatic heterocycles. The van der Waals surface area contributed by atoms with Crippen LogP contribution in [0.4, 0.5) is 5.69 Å². The highest BCUT2D eigenvalue weighted by Crippen LogP contribution is 2.30. The number of nitrogens with zero attached hydrogens (tertiary/aromatic N) is 5. The van der Waals surface area contributed by atoms with E-state index in [-0.39, 0.29) is 6.04 Å². The first-order valence-corrected chi connectivity index (χ1v) is 7.05. The lowest BCUT2D eigenvalue weighted by atomic mass is 10.1. The number of hydrogen-bond acceptors (Lipinski definition) is 6. The molecule has 1 aromatic carbocycles. The molecule has 1 fully saturated rings. The van der Waals surface area contributed by atoms with Crippen molar-refractivity contribution >= 4 is 16.6 Å². The number of hydrogen-bond donors (Lipinski definition) is 1. The first-order chi connectivity index (χ1) is 10.2. The quantitative estimate of drug-likeness (QED) is 0.867. The van der Waals surface area contributed by atoms with Crippen molar-refractivity contribution in [2.45, 2.75) is 6.04 Å². The van der Waals surface area contributed by atoms with E-state index in [0.29, 0.717) is 12.2 Å². The van der Waals surface area contributed by atoms with Gasteiger partial charge in [0, 0.05) is 31.6 Å². The summed E-state index contributed by atoms with van der Waals surface area (Å²) in [4.78, 5) is 4.48. The number of rotatable bonds is 2. The van der Waals surface area contributed by atoms with Crippen LogP contribution >= 0.6 is 0 Å². The molecule has 1 atom stereocenters. The van der Waals surface area contributed by atoms with Crippen LogP contribution in [0.5, 0.6) is 0 Å². The predicted molar refractivity (Wildman–Crippen MR) is 81.9 cm³/mol. The van der Waals surface area contributed by atoms with Crippen molar-refractivity contribution in [1.29, 1.82) is 5.26 Å². The smallest absolute Gasteiger partial charge is 0.187 e. The van der Waals surface area contributed by atoms with Crippen molar-refractivity contribution in [2.75, 3.05) is 38.1 Å². The largest absolute Gasteiger partial charge is 0.362 e. The van der Waals surface area contributed by atoms with Crippen molar-refractivity contribution in [2.24, 2.45) is 5.73 Å². The molecule has 0 radical (unpaired) electrons. The number of nitriles is 1. The second-order valence-electron chi connectivity index (χ2n) is 5.37. The molecule has 0 bridgehead atoms. The van der Waals surface area contributed by atoms with Crippen molar-refractivity contribution in [3.8, 4) is 6.07 Å². The van der Waals surface area contributed by atoms with Gasteiger partial charge in [-0.05, 0) is 13.1 Å². The fraction of sp³-hybridized carbons (Fsp3) is 0.400. The van der Waals surface area contributed by atoms with Crippen LogP contribution in [0.15, 0.2) is 24.3 Å². The van der Waals surface area contributed by atoms with E-state index in [1.165, 1.54) is 0 Å². The van der Waals surface area contributed by atoms with Gasteiger partial charge in [-0.25, -0.2) is 0 Å². The molecule has 1 unspecified atom stereocenters. The highest BCUT2D eigenvalue weighted by molar-refractivity contribution is 5.93. The Kier molecular flexibility index (Phi) is 3.69. The monoisotopic (exact) mass is 282 g/mol. The van der Waals surface area contributed by atoms with Gasteiger partial charge in [0.2, 0.25) is 0 Å². The molecule has 0 amide bonds. The van der Waals surface area contributed by atoms with Crippen molar-refractivity contribution in [3.63, 3.8) is 0 Å². The van der Waals surface area contributed by atoms with E-state index in [1.54, 1.807) is 0 Å². The third-order valence-corrected chi connectivity index (χ3v) is 3.99. The first-order valence-electron chi connectivity index (χ1n) is 7.05. The lowest BCUT2D eigenvalue weighted by Gasteiger charge is -2.41. The number of aromatic nitrogens is 2. The van der Waals surface area contributed by atoms with Gasteiger partial charge in [0.1, 0.15) is 6.07 Å². The summed E-state index contributed by atoms with van der Waals surface area (Å²) in [5, 5.41) is 18.6. The topological polar surface area (TPSA) is 82.1 Å². The Morgan fingerprint density at radius 1 is 1.33 bits per heavy atom. The zero-order valence-corrected chi connectivity index (χ0v) is 12.0. The Morgan fingerprint density at radius 2 is 2.14 bits per heavy atom. The molecule has 1 saturated heterocycles. The van der Waals surface area contributed by atoms with E-state index >= 15 is 0 Å². The second kappa shape index (κ2) is 5.64. The molecular weight excluding hydrogens is 264 g/mol. The van der Waals surface area contributed by atoms with Gasteiger partial charge in [0.15, 0.2) is 5.69 Å². The van der Waals surface area contributed by atoms with Gasteiger partial charge in [0.25, 0.3) is 0 Å². The number of likely N-dealkylation sites (N-methyl/N-ethyl adjacent to an activating group) is 1. The van der Waals surface area contributed by atoms with E-state index in [4.69, 9.17) is 5.73 Å². The molecular formula is C15H18N6. The molecule has 0 aliphatic carbocycles. The lowest BCUT2D eigenvalue weighted by molar-refractivity contribution is 0.270. The van der Waals surface area contributed by atoms with E-state index in [2.05, 4.69) is 33.1 Å². The van der Waals surface area contributed by atoms with Crippen LogP contribution in [0.1, 0.15) is 5.69 Å². The summed E-state index contributed by atoms with van der Waals surface area (Å²) in [6.45, 7) is 3.21. The Hall–Kier alpha value is -2.23. The Bertz CT molecular complexity index is 692. The zero-order chi connectivity index (χ0) is 14.8. The molecule has 1 aliphatic heterocycles. The van der Waals surface area contributed by atoms with E-state index in [0.717, 1.165) is 36.2 Å². The maximum atomic E-state index is 9.40. The molecule has 21 heavy (non-hydrogen) atoms. The molecule has 2 N–H and O–H groups in total. The van der Waals surface area contributed by atoms with Crippen LogP contribution in [-0.2, 0) is 0 Å². The zero-order valence-electron chi connectivity index (χ0n) is 12.0. The maximum Gasteiger partial charge on any atom is 0.187 e. The van der Waals surface area contributed by atoms with Gasteiger partial charge in [-0.15, -0.1) is 10.2 Å². The van der Waals surface area contributed by atoms with Crippen molar-refractivity contribution < 1.29 is 0 Å². The van der Waals surface area contributed by atoms with Crippen LogP contribution in [0, 0.1) is 11.3 Å². The first kappa shape index (κ1) is 13.7. The van der Waals surface area contributed by atoms with Crippen molar-refractivity contribution in [3.05, 3.63) is 30.0 Å². The number of fused-ring (bicyclic) bond motifs is 1. The summed E-state index contributed by atoms with van der Waals surface area (Å²) in [6.07, 6.45) is 0.